The van der Waals surface area contributed by atoms with Gasteiger partial charge in [0, 0.05) is 11.1 Å². The highest BCUT2D eigenvalue weighted by atomic mass is 16.6. The summed E-state index contributed by atoms with van der Waals surface area (Å²) < 4.78 is 0. The summed E-state index contributed by atoms with van der Waals surface area (Å²) in [7, 11) is 1.54. The second-order valence-electron chi connectivity index (χ2n) is 7.78. The molecule has 160 valence electrons. The van der Waals surface area contributed by atoms with Gasteiger partial charge in [0.1, 0.15) is 25.1 Å². The predicted molar refractivity (Wildman–Crippen MR) is 124 cm³/mol. The summed E-state index contributed by atoms with van der Waals surface area (Å²) in [5, 5.41) is 9.64. The number of rotatable bonds is 7. The fourth-order valence-electron chi connectivity index (χ4n) is 4.05. The summed E-state index contributed by atoms with van der Waals surface area (Å²) >= 11 is 0. The Labute approximate surface area is 183 Å². The quantitative estimate of drug-likeness (QED) is 0.309. The van der Waals surface area contributed by atoms with Crippen molar-refractivity contribution < 1.29 is 9.68 Å². The Bertz CT molecular complexity index is 1140. The number of para-hydroxylation sites is 1. The highest BCUT2D eigenvalue weighted by Gasteiger charge is 2.21. The average Bonchev–Trinajstić information content (AvgIpc) is 2.80. The van der Waals surface area contributed by atoms with E-state index in [1.807, 2.05) is 31.2 Å². The van der Waals surface area contributed by atoms with Gasteiger partial charge in [-0.05, 0) is 75.3 Å². The summed E-state index contributed by atoms with van der Waals surface area (Å²) in [6.45, 7) is 4.62. The van der Waals surface area contributed by atoms with Crippen LogP contribution in [0, 0.1) is 6.92 Å². The van der Waals surface area contributed by atoms with Gasteiger partial charge in [-0.15, -0.1) is 0 Å². The second-order valence-corrected chi connectivity index (χ2v) is 7.78. The Hall–Kier alpha value is -3.28. The van der Waals surface area contributed by atoms with Crippen molar-refractivity contribution in [2.24, 2.45) is 10.3 Å². The zero-order chi connectivity index (χ0) is 21.6. The van der Waals surface area contributed by atoms with Crippen LogP contribution in [0.25, 0.3) is 10.9 Å². The number of hydrogen-bond acceptors (Lipinski definition) is 6. The van der Waals surface area contributed by atoms with Crippen LogP contribution in [0.5, 0.6) is 0 Å². The third-order valence-electron chi connectivity index (χ3n) is 5.64. The minimum atomic E-state index is 0.544. The lowest BCUT2D eigenvalue weighted by atomic mass is 9.89. The third kappa shape index (κ3) is 4.74. The molecule has 0 saturated heterocycles. The molecule has 31 heavy (non-hydrogen) atoms. The third-order valence-corrected chi connectivity index (χ3v) is 5.64. The molecule has 0 radical (unpaired) electrons. The van der Waals surface area contributed by atoms with Gasteiger partial charge in [0.15, 0.2) is 0 Å². The van der Waals surface area contributed by atoms with E-state index in [9.17, 15) is 0 Å². The van der Waals surface area contributed by atoms with E-state index in [0.29, 0.717) is 6.61 Å². The minimum Gasteiger partial charge on any atom is -0.399 e. The van der Waals surface area contributed by atoms with Crippen LogP contribution in [0.2, 0.25) is 0 Å². The lowest BCUT2D eigenvalue weighted by Crippen LogP contribution is -2.16. The highest BCUT2D eigenvalue weighted by molar-refractivity contribution is 6.03. The molecular formula is C25H28N4O2. The Balaban J connectivity index is 1.40. The summed E-state index contributed by atoms with van der Waals surface area (Å²) in [5.74, 6) is 0. The monoisotopic (exact) mass is 416 g/mol. The van der Waals surface area contributed by atoms with Gasteiger partial charge in [0.25, 0.3) is 0 Å². The number of fused-ring (bicyclic) bond motifs is 2. The van der Waals surface area contributed by atoms with E-state index in [2.05, 4.69) is 40.4 Å². The molecule has 2 heterocycles. The smallest absolute Gasteiger partial charge is 0.117 e. The highest BCUT2D eigenvalue weighted by Crippen LogP contribution is 2.28. The molecule has 2 aromatic heterocycles. The van der Waals surface area contributed by atoms with Gasteiger partial charge in [0.2, 0.25) is 0 Å². The van der Waals surface area contributed by atoms with Crippen LogP contribution < -0.4 is 0 Å². The fraction of sp³-hybridized carbons (Fsp3) is 0.360. The average molecular weight is 417 g/mol. The maximum atomic E-state index is 5.70. The first-order valence-corrected chi connectivity index (χ1v) is 10.8. The van der Waals surface area contributed by atoms with Crippen LogP contribution in [-0.4, -0.2) is 35.1 Å². The standard InChI is InChI=1S/C25H28N4O2/c1-17-20-11-4-5-13-23(20)27-25-21(17)12-7-15-24(25)29-31-16-8-10-19-9-6-14-22(26-19)18(2)28-30-3/h4-6,9,11,13-14H,7-8,10,12,15-16H2,1-3H3. The van der Waals surface area contributed by atoms with Gasteiger partial charge in [-0.1, -0.05) is 34.6 Å². The summed E-state index contributed by atoms with van der Waals surface area (Å²) in [6.07, 6.45) is 4.68. The summed E-state index contributed by atoms with van der Waals surface area (Å²) in [6, 6.07) is 14.3. The van der Waals surface area contributed by atoms with E-state index in [-0.39, 0.29) is 0 Å². The van der Waals surface area contributed by atoms with Gasteiger partial charge in [0.05, 0.1) is 16.9 Å². The zero-order valence-electron chi connectivity index (χ0n) is 18.4. The van der Waals surface area contributed by atoms with Crippen molar-refractivity contribution in [3.63, 3.8) is 0 Å². The van der Waals surface area contributed by atoms with E-state index in [1.54, 1.807) is 0 Å². The number of oxime groups is 2. The van der Waals surface area contributed by atoms with Crippen LogP contribution >= 0.6 is 0 Å². The number of aryl methyl sites for hydroxylation is 2. The first-order chi connectivity index (χ1) is 15.2. The molecule has 0 N–H and O–H groups in total. The molecule has 3 aromatic rings. The number of pyridine rings is 2. The Morgan fingerprint density at radius 1 is 1.06 bits per heavy atom. The Morgan fingerprint density at radius 2 is 1.94 bits per heavy atom. The summed E-state index contributed by atoms with van der Waals surface area (Å²) in [4.78, 5) is 20.1. The molecule has 6 heteroatoms. The molecule has 0 atom stereocenters. The van der Waals surface area contributed by atoms with Crippen LogP contribution in [-0.2, 0) is 22.5 Å². The molecular weight excluding hydrogens is 388 g/mol. The Kier molecular flexibility index (Phi) is 6.55. The largest absolute Gasteiger partial charge is 0.399 e. The van der Waals surface area contributed by atoms with E-state index in [1.165, 1.54) is 23.6 Å². The molecule has 6 nitrogen and oxygen atoms in total. The molecule has 0 bridgehead atoms. The molecule has 0 spiro atoms. The molecule has 1 aromatic carbocycles. The Morgan fingerprint density at radius 3 is 2.81 bits per heavy atom. The molecule has 1 aliphatic rings. The number of nitrogens with zero attached hydrogens (tertiary/aromatic N) is 4. The normalized spacial score (nSPS) is 15.2. The van der Waals surface area contributed by atoms with Gasteiger partial charge in [-0.3, -0.25) is 4.98 Å². The van der Waals surface area contributed by atoms with Crippen molar-refractivity contribution in [1.29, 1.82) is 0 Å². The molecule has 0 aliphatic heterocycles. The van der Waals surface area contributed by atoms with E-state index >= 15 is 0 Å². The van der Waals surface area contributed by atoms with Gasteiger partial charge in [-0.2, -0.15) is 0 Å². The number of benzene rings is 1. The molecule has 0 unspecified atom stereocenters. The van der Waals surface area contributed by atoms with Crippen molar-refractivity contribution in [1.82, 2.24) is 9.97 Å². The molecule has 1 aliphatic carbocycles. The number of aromatic nitrogens is 2. The molecule has 0 amide bonds. The molecule has 4 rings (SSSR count). The lowest BCUT2D eigenvalue weighted by Gasteiger charge is -2.20. The zero-order valence-corrected chi connectivity index (χ0v) is 18.4. The van der Waals surface area contributed by atoms with E-state index in [0.717, 1.165) is 66.1 Å². The predicted octanol–water partition coefficient (Wildman–Crippen LogP) is 5.00. The van der Waals surface area contributed by atoms with Crippen molar-refractivity contribution in [3.8, 4) is 0 Å². The van der Waals surface area contributed by atoms with Crippen molar-refractivity contribution in [3.05, 3.63) is 70.7 Å². The minimum absolute atomic E-state index is 0.544. The summed E-state index contributed by atoms with van der Waals surface area (Å²) in [5.41, 5.74) is 8.20. The topological polar surface area (TPSA) is 69.0 Å². The first-order valence-electron chi connectivity index (χ1n) is 10.8. The van der Waals surface area contributed by atoms with Crippen LogP contribution in [0.3, 0.4) is 0 Å². The maximum Gasteiger partial charge on any atom is 0.117 e. The second kappa shape index (κ2) is 9.69. The first kappa shape index (κ1) is 21.0. The molecule has 0 fully saturated rings. The SMILES string of the molecule is CON=C(C)c1cccc(CCCON=C2CCCc3c2nc2ccccc2c3C)n1. The van der Waals surface area contributed by atoms with Crippen LogP contribution in [0.1, 0.15) is 54.4 Å². The van der Waals surface area contributed by atoms with Crippen molar-refractivity contribution >= 4 is 22.3 Å². The van der Waals surface area contributed by atoms with Crippen LogP contribution in [0.4, 0.5) is 0 Å². The number of hydrogen-bond donors (Lipinski definition) is 0. The maximum absolute atomic E-state index is 5.70. The van der Waals surface area contributed by atoms with Gasteiger partial charge < -0.3 is 9.68 Å². The van der Waals surface area contributed by atoms with Crippen molar-refractivity contribution in [2.45, 2.75) is 46.0 Å². The van der Waals surface area contributed by atoms with Gasteiger partial charge >= 0.3 is 0 Å². The van der Waals surface area contributed by atoms with Crippen molar-refractivity contribution in [2.75, 3.05) is 13.7 Å². The van der Waals surface area contributed by atoms with Gasteiger partial charge in [-0.25, -0.2) is 4.98 Å². The lowest BCUT2D eigenvalue weighted by molar-refractivity contribution is 0.141. The fourth-order valence-corrected chi connectivity index (χ4v) is 4.05. The van der Waals surface area contributed by atoms with E-state index in [4.69, 9.17) is 14.7 Å². The molecule has 0 saturated carbocycles. The van der Waals surface area contributed by atoms with Crippen LogP contribution in [0.15, 0.2) is 52.8 Å². The van der Waals surface area contributed by atoms with E-state index < -0.39 is 0 Å².